The summed E-state index contributed by atoms with van der Waals surface area (Å²) in [4.78, 5) is 1.49. The Kier molecular flexibility index (Phi) is 4.46. The van der Waals surface area contributed by atoms with Crippen molar-refractivity contribution in [2.24, 2.45) is 0 Å². The number of hydrogen-bond donors (Lipinski definition) is 0. The largest absolute Gasteiger partial charge is 0.497 e. The van der Waals surface area contributed by atoms with Gasteiger partial charge in [-0.15, -0.1) is 0 Å². The molecule has 1 saturated heterocycles. The van der Waals surface area contributed by atoms with Gasteiger partial charge in [0.1, 0.15) is 17.3 Å². The molecule has 0 aromatic heterocycles. The quantitative estimate of drug-likeness (QED) is 0.654. The summed E-state index contributed by atoms with van der Waals surface area (Å²) in [5, 5.41) is 2.72. The molecule has 2 nitrogen and oxygen atoms in total. The molecule has 24 heavy (non-hydrogen) atoms. The average Bonchev–Trinajstić information content (AvgIpc) is 2.68. The van der Waals surface area contributed by atoms with Crippen LogP contribution in [0.3, 0.4) is 0 Å². The maximum atomic E-state index is 5.54. The highest BCUT2D eigenvalue weighted by Crippen LogP contribution is 2.34. The van der Waals surface area contributed by atoms with Crippen molar-refractivity contribution in [1.29, 1.82) is 0 Å². The molecule has 1 fully saturated rings. The molecule has 4 rings (SSSR count). The Balaban J connectivity index is 1.82. The number of methoxy groups -OCH3 is 1. The molecule has 1 aliphatic heterocycles. The van der Waals surface area contributed by atoms with Gasteiger partial charge in [-0.25, -0.2) is 0 Å². The molecule has 3 heteroatoms. The van der Waals surface area contributed by atoms with Crippen LogP contribution in [0.15, 0.2) is 65.6 Å². The van der Waals surface area contributed by atoms with Crippen molar-refractivity contribution in [3.8, 4) is 16.9 Å². The second-order valence-corrected chi connectivity index (χ2v) is 8.14. The summed E-state index contributed by atoms with van der Waals surface area (Å²) in [5.41, 5.74) is 2.52. The van der Waals surface area contributed by atoms with Crippen LogP contribution in [0.4, 0.5) is 0 Å². The lowest BCUT2D eigenvalue weighted by Crippen LogP contribution is -2.26. The van der Waals surface area contributed by atoms with Gasteiger partial charge < -0.3 is 9.47 Å². The van der Waals surface area contributed by atoms with E-state index >= 15 is 0 Å². The first-order valence-electron chi connectivity index (χ1n) is 8.28. The van der Waals surface area contributed by atoms with Crippen molar-refractivity contribution in [2.45, 2.75) is 4.90 Å². The molecule has 0 unspecified atom stereocenters. The lowest BCUT2D eigenvalue weighted by Gasteiger charge is -2.17. The van der Waals surface area contributed by atoms with Crippen molar-refractivity contribution in [1.82, 2.24) is 0 Å². The predicted molar refractivity (Wildman–Crippen MR) is 102 cm³/mol. The number of fused-ring (bicyclic) bond motifs is 1. The molecule has 0 N–H and O–H groups in total. The lowest BCUT2D eigenvalue weighted by molar-refractivity contribution is 0.159. The van der Waals surface area contributed by atoms with Gasteiger partial charge in [-0.05, 0) is 46.8 Å². The summed E-state index contributed by atoms with van der Waals surface area (Å²) in [7, 11) is 2.01. The van der Waals surface area contributed by atoms with Gasteiger partial charge in [-0.2, -0.15) is 0 Å². The molecule has 0 amide bonds. The van der Waals surface area contributed by atoms with E-state index in [1.54, 1.807) is 7.11 Å². The van der Waals surface area contributed by atoms with E-state index < -0.39 is 0 Å². The van der Waals surface area contributed by atoms with Crippen LogP contribution in [0, 0.1) is 0 Å². The fourth-order valence-electron chi connectivity index (χ4n) is 3.29. The van der Waals surface area contributed by atoms with E-state index in [0.717, 1.165) is 30.5 Å². The second-order valence-electron chi connectivity index (χ2n) is 5.90. The summed E-state index contributed by atoms with van der Waals surface area (Å²) in [5.74, 6) is 3.18. The van der Waals surface area contributed by atoms with Gasteiger partial charge in [0.05, 0.1) is 20.3 Å². The molecule has 0 atom stereocenters. The Morgan fingerprint density at radius 2 is 1.54 bits per heavy atom. The van der Waals surface area contributed by atoms with Gasteiger partial charge in [0.15, 0.2) is 4.90 Å². The first kappa shape index (κ1) is 15.6. The monoisotopic (exact) mass is 337 g/mol. The minimum absolute atomic E-state index is 0.303. The Bertz CT molecular complexity index is 836. The average molecular weight is 337 g/mol. The van der Waals surface area contributed by atoms with Crippen LogP contribution in [0.5, 0.6) is 5.75 Å². The van der Waals surface area contributed by atoms with Crippen molar-refractivity contribution < 1.29 is 9.47 Å². The molecule has 0 bridgehead atoms. The molecule has 3 aromatic carbocycles. The van der Waals surface area contributed by atoms with E-state index in [9.17, 15) is 0 Å². The molecule has 1 heterocycles. The van der Waals surface area contributed by atoms with Gasteiger partial charge in [-0.1, -0.05) is 30.3 Å². The van der Waals surface area contributed by atoms with Crippen molar-refractivity contribution in [3.63, 3.8) is 0 Å². The predicted octanol–water partition coefficient (Wildman–Crippen LogP) is 4.52. The van der Waals surface area contributed by atoms with Crippen molar-refractivity contribution in [3.05, 3.63) is 60.7 Å². The Morgan fingerprint density at radius 1 is 0.833 bits per heavy atom. The highest BCUT2D eigenvalue weighted by atomic mass is 32.2. The third kappa shape index (κ3) is 2.90. The van der Waals surface area contributed by atoms with Gasteiger partial charge in [0.25, 0.3) is 0 Å². The van der Waals surface area contributed by atoms with Gasteiger partial charge in [0.2, 0.25) is 0 Å². The second kappa shape index (κ2) is 6.88. The van der Waals surface area contributed by atoms with Crippen molar-refractivity contribution >= 4 is 21.7 Å². The molecule has 0 aliphatic carbocycles. The normalized spacial score (nSPS) is 15.5. The molecule has 3 aromatic rings. The lowest BCUT2D eigenvalue weighted by atomic mass is 9.98. The van der Waals surface area contributed by atoms with Gasteiger partial charge >= 0.3 is 0 Å². The molecule has 0 spiro atoms. The van der Waals surface area contributed by atoms with Crippen LogP contribution in [-0.4, -0.2) is 31.8 Å². The topological polar surface area (TPSA) is 18.5 Å². The van der Waals surface area contributed by atoms with Gasteiger partial charge in [-0.3, -0.25) is 0 Å². The molecule has 1 aliphatic rings. The first-order valence-corrected chi connectivity index (χ1v) is 9.84. The summed E-state index contributed by atoms with van der Waals surface area (Å²) < 4.78 is 10.8. The Labute approximate surface area is 145 Å². The Hall–Kier alpha value is -1.97. The van der Waals surface area contributed by atoms with E-state index in [1.165, 1.54) is 26.8 Å². The van der Waals surface area contributed by atoms with Gasteiger partial charge in [0, 0.05) is 16.3 Å². The molecular weight excluding hydrogens is 316 g/mol. The molecule has 0 radical (unpaired) electrons. The maximum absolute atomic E-state index is 5.54. The zero-order valence-electron chi connectivity index (χ0n) is 13.8. The smallest absolute Gasteiger partial charge is 0.162 e. The number of benzene rings is 3. The maximum Gasteiger partial charge on any atom is 0.162 e. The summed E-state index contributed by atoms with van der Waals surface area (Å²) >= 11 is 0. The number of rotatable bonds is 3. The first-order chi connectivity index (χ1) is 11.9. The van der Waals surface area contributed by atoms with Crippen LogP contribution in [0.25, 0.3) is 21.9 Å². The van der Waals surface area contributed by atoms with E-state index in [1.807, 2.05) is 12.1 Å². The molecule has 0 saturated carbocycles. The fourth-order valence-corrected chi connectivity index (χ4v) is 5.32. The molecular formula is C21H21O2S+. The zero-order valence-corrected chi connectivity index (χ0v) is 14.6. The summed E-state index contributed by atoms with van der Waals surface area (Å²) in [6.07, 6.45) is 0. The third-order valence-corrected chi connectivity index (χ3v) is 6.84. The van der Waals surface area contributed by atoms with Crippen LogP contribution < -0.4 is 4.74 Å². The van der Waals surface area contributed by atoms with Crippen LogP contribution in [-0.2, 0) is 15.6 Å². The fraction of sp³-hybridized carbons (Fsp3) is 0.238. The standard InChI is InChI=1S/C21H21O2S/c1-22-17-8-6-16(7-9-17)18-10-11-21(24-14-12-23-13-15-24)20-5-3-2-4-19(18)20/h2-11H,12-15H2,1H3/q+1. The van der Waals surface area contributed by atoms with E-state index in [2.05, 4.69) is 48.5 Å². The minimum Gasteiger partial charge on any atom is -0.497 e. The van der Waals surface area contributed by atoms with E-state index in [4.69, 9.17) is 9.47 Å². The van der Waals surface area contributed by atoms with E-state index in [-0.39, 0.29) is 0 Å². The number of ether oxygens (including phenoxy) is 2. The van der Waals surface area contributed by atoms with Crippen LogP contribution in [0.1, 0.15) is 0 Å². The Morgan fingerprint density at radius 3 is 2.25 bits per heavy atom. The van der Waals surface area contributed by atoms with E-state index in [0.29, 0.717) is 10.9 Å². The highest BCUT2D eigenvalue weighted by molar-refractivity contribution is 7.97. The van der Waals surface area contributed by atoms with Crippen LogP contribution >= 0.6 is 0 Å². The van der Waals surface area contributed by atoms with Crippen molar-refractivity contribution in [2.75, 3.05) is 31.8 Å². The van der Waals surface area contributed by atoms with Crippen LogP contribution in [0.2, 0.25) is 0 Å². The third-order valence-electron chi connectivity index (χ3n) is 4.54. The highest BCUT2D eigenvalue weighted by Gasteiger charge is 2.27. The summed E-state index contributed by atoms with van der Waals surface area (Å²) in [6, 6.07) is 21.7. The molecule has 122 valence electrons. The zero-order chi connectivity index (χ0) is 16.4. The minimum atomic E-state index is 0.303. The number of hydrogen-bond acceptors (Lipinski definition) is 2. The summed E-state index contributed by atoms with van der Waals surface area (Å²) in [6.45, 7) is 1.77. The SMILES string of the molecule is COc1ccc(-c2ccc([S+]3CCOCC3)c3ccccc23)cc1.